The SMILES string of the molecule is C=CC(=O)CCC1OC2OC3C(CO)OC(OC4C(CO)OC(OC5C(CO)OC(OC6C(CO)OC(OC7C(CO)OC(OC8C(CO)OC(OC1C(O)C2O)C(O)C8O)C(O)C7O)C(O)C6O)C(O)C5O)C(O)C4O)C(O)C3O. The third kappa shape index (κ3) is 13.2. The Bertz CT molecular complexity index is 1980. The van der Waals surface area contributed by atoms with Crippen LogP contribution in [0.1, 0.15) is 12.8 Å². The first-order chi connectivity index (χ1) is 38.5. The molecule has 0 aromatic rings. The lowest BCUT2D eigenvalue weighted by Crippen LogP contribution is -2.68. The molecule has 35 heteroatoms. The Morgan fingerprint density at radius 1 is 0.272 bits per heavy atom. The largest absolute Gasteiger partial charge is 0.394 e. The van der Waals surface area contributed by atoms with Crippen molar-refractivity contribution in [3.8, 4) is 0 Å². The van der Waals surface area contributed by atoms with Crippen molar-refractivity contribution < 1.29 is 173 Å². The van der Waals surface area contributed by atoms with Gasteiger partial charge in [-0.1, -0.05) is 6.58 Å². The monoisotopic (exact) mass is 1190 g/mol. The van der Waals surface area contributed by atoms with E-state index >= 15 is 0 Å². The highest BCUT2D eigenvalue weighted by atomic mass is 16.8. The van der Waals surface area contributed by atoms with Crippen molar-refractivity contribution in [1.29, 1.82) is 0 Å². The predicted octanol–water partition coefficient (Wildman–Crippen LogP) is -13.7. The van der Waals surface area contributed by atoms with Crippen LogP contribution in [0.4, 0.5) is 0 Å². The van der Waals surface area contributed by atoms with E-state index in [0.717, 1.165) is 6.08 Å². The van der Waals surface area contributed by atoms with Crippen molar-refractivity contribution in [1.82, 2.24) is 0 Å². The van der Waals surface area contributed by atoms with Crippen molar-refractivity contribution in [2.45, 2.75) is 228 Å². The minimum atomic E-state index is -2.22. The van der Waals surface area contributed by atoms with Crippen molar-refractivity contribution in [3.05, 3.63) is 12.7 Å². The second-order valence-corrected chi connectivity index (χ2v) is 20.7. The summed E-state index contributed by atoms with van der Waals surface area (Å²) >= 11 is 0. The molecule has 21 fully saturated rings. The van der Waals surface area contributed by atoms with Gasteiger partial charge in [0.15, 0.2) is 49.8 Å². The maximum atomic E-state index is 12.5. The molecule has 20 N–H and O–H groups in total. The van der Waals surface area contributed by atoms with Crippen LogP contribution in [0, 0.1) is 0 Å². The Hall–Kier alpha value is -1.95. The van der Waals surface area contributed by atoms with Crippen LogP contribution >= 0.6 is 0 Å². The van der Waals surface area contributed by atoms with E-state index in [1.807, 2.05) is 0 Å². The molecule has 21 aliphatic rings. The molecule has 21 saturated heterocycles. The molecule has 14 bridgehead atoms. The number of hydrogen-bond donors (Lipinski definition) is 20. The molecule has 0 amide bonds. The normalized spacial score (nSPS) is 53.1. The fourth-order valence-corrected chi connectivity index (χ4v) is 10.9. The lowest BCUT2D eigenvalue weighted by Gasteiger charge is -2.50. The lowest BCUT2D eigenvalue weighted by atomic mass is 9.93. The number of allylic oxidation sites excluding steroid dienone is 1. The van der Waals surface area contributed by atoms with E-state index in [1.165, 1.54) is 0 Å². The summed E-state index contributed by atoms with van der Waals surface area (Å²) < 4.78 is 80.5. The van der Waals surface area contributed by atoms with E-state index < -0.39 is 260 Å². The van der Waals surface area contributed by atoms with Gasteiger partial charge in [-0.15, -0.1) is 0 Å². The minimum absolute atomic E-state index is 0.371. The van der Waals surface area contributed by atoms with Gasteiger partial charge in [-0.3, -0.25) is 4.79 Å². The topological polar surface area (TPSA) is 551 Å². The van der Waals surface area contributed by atoms with E-state index in [2.05, 4.69) is 6.58 Å². The average molecular weight is 1190 g/mol. The number of ether oxygens (including phenoxy) is 14. The number of carbonyl (C=O) groups excluding carboxylic acids is 1. The summed E-state index contributed by atoms with van der Waals surface area (Å²) in [6.45, 7) is -2.91. The Morgan fingerprint density at radius 2 is 0.432 bits per heavy atom. The first-order valence-electron chi connectivity index (χ1n) is 26.1. The number of ketones is 1. The summed E-state index contributed by atoms with van der Waals surface area (Å²) in [5.74, 6) is -0.565. The van der Waals surface area contributed by atoms with E-state index in [1.54, 1.807) is 0 Å². The van der Waals surface area contributed by atoms with Crippen LogP contribution in [0.25, 0.3) is 0 Å². The molecule has 0 saturated carbocycles. The van der Waals surface area contributed by atoms with Crippen LogP contribution in [0.2, 0.25) is 0 Å². The van der Waals surface area contributed by atoms with Crippen LogP contribution in [-0.2, 0) is 71.1 Å². The van der Waals surface area contributed by atoms with Gasteiger partial charge in [0.25, 0.3) is 0 Å². The van der Waals surface area contributed by atoms with Gasteiger partial charge in [-0.25, -0.2) is 0 Å². The molecule has 35 nitrogen and oxygen atoms in total. The van der Waals surface area contributed by atoms with Crippen molar-refractivity contribution in [2.24, 2.45) is 0 Å². The van der Waals surface area contributed by atoms with Gasteiger partial charge in [0.1, 0.15) is 165 Å². The number of hydrogen-bond acceptors (Lipinski definition) is 35. The van der Waals surface area contributed by atoms with Gasteiger partial charge in [-0.2, -0.15) is 0 Å². The Labute approximate surface area is 458 Å². The van der Waals surface area contributed by atoms with E-state index in [9.17, 15) is 107 Å². The number of aliphatic hydroxyl groups excluding tert-OH is 20. The summed E-state index contributed by atoms with van der Waals surface area (Å²) in [5, 5.41) is 222. The van der Waals surface area contributed by atoms with Gasteiger partial charge < -0.3 is 168 Å². The van der Waals surface area contributed by atoms with Crippen LogP contribution in [0.15, 0.2) is 12.7 Å². The van der Waals surface area contributed by atoms with E-state index in [4.69, 9.17) is 66.3 Å². The third-order valence-corrected chi connectivity index (χ3v) is 15.5. The fraction of sp³-hybridized carbons (Fsp3) is 0.935. The molecule has 0 spiro atoms. The number of carbonyl (C=O) groups is 1. The molecule has 0 aromatic carbocycles. The molecule has 0 radical (unpaired) electrons. The smallest absolute Gasteiger partial charge is 0.187 e. The maximum absolute atomic E-state index is 12.5. The lowest BCUT2D eigenvalue weighted by molar-refractivity contribution is -0.396. The summed E-state index contributed by atoms with van der Waals surface area (Å²) in [5.41, 5.74) is 0. The second-order valence-electron chi connectivity index (χ2n) is 20.7. The fourth-order valence-electron chi connectivity index (χ4n) is 10.9. The average Bonchev–Trinajstić information content (AvgIpc) is 3.54. The molecule has 468 valence electrons. The van der Waals surface area contributed by atoms with Crippen LogP contribution in [0.5, 0.6) is 0 Å². The van der Waals surface area contributed by atoms with Gasteiger partial charge >= 0.3 is 0 Å². The van der Waals surface area contributed by atoms with Crippen LogP contribution in [-0.4, -0.2) is 362 Å². The maximum Gasteiger partial charge on any atom is 0.187 e. The summed E-state index contributed by atoms with van der Waals surface area (Å²) in [4.78, 5) is 12.5. The summed E-state index contributed by atoms with van der Waals surface area (Å²) in [7, 11) is 0. The van der Waals surface area contributed by atoms with Gasteiger partial charge in [0.05, 0.1) is 45.7 Å². The van der Waals surface area contributed by atoms with Gasteiger partial charge in [0, 0.05) is 6.42 Å². The summed E-state index contributed by atoms with van der Waals surface area (Å²) in [6, 6.07) is 0. The van der Waals surface area contributed by atoms with Crippen LogP contribution < -0.4 is 0 Å². The first kappa shape index (κ1) is 65.0. The number of aliphatic hydroxyl groups is 20. The first-order valence-corrected chi connectivity index (χ1v) is 26.1. The molecule has 21 heterocycles. The Kier molecular flexibility index (Phi) is 22.3. The number of rotatable bonds is 10. The zero-order valence-corrected chi connectivity index (χ0v) is 42.7. The van der Waals surface area contributed by atoms with Crippen LogP contribution in [0.3, 0.4) is 0 Å². The molecular weight excluding hydrogens is 1110 g/mol. The Balaban J connectivity index is 1.10. The van der Waals surface area contributed by atoms with Crippen molar-refractivity contribution in [2.75, 3.05) is 39.6 Å². The zero-order chi connectivity index (χ0) is 59.0. The molecule has 0 aliphatic carbocycles. The molecule has 35 atom stereocenters. The molecule has 35 unspecified atom stereocenters. The van der Waals surface area contributed by atoms with E-state index in [-0.39, 0.29) is 12.8 Å². The molecule has 21 aliphatic heterocycles. The predicted molar refractivity (Wildman–Crippen MR) is 246 cm³/mol. The molecular formula is C46H74O35. The quantitative estimate of drug-likeness (QED) is 0.0903. The highest BCUT2D eigenvalue weighted by molar-refractivity contribution is 5.88. The van der Waals surface area contributed by atoms with Gasteiger partial charge in [-0.05, 0) is 12.5 Å². The summed E-state index contributed by atoms with van der Waals surface area (Å²) in [6.07, 6.45) is -70.0. The zero-order valence-electron chi connectivity index (χ0n) is 42.7. The molecule has 0 aromatic heterocycles. The van der Waals surface area contributed by atoms with Gasteiger partial charge in [0.2, 0.25) is 0 Å². The molecule has 81 heavy (non-hydrogen) atoms. The highest BCUT2D eigenvalue weighted by Crippen LogP contribution is 2.39. The second kappa shape index (κ2) is 27.8. The third-order valence-electron chi connectivity index (χ3n) is 15.5. The standard InChI is InChI=1S/C46H74O35/c1-2-11(53)3-4-12-33-19(54)26(61)40(68-12)76-34-13(5-47)70-42(28(63)21(34)56)78-36-15(7-49)72-44(30(65)23(36)58)80-38-17(9-51)74-46(32(67)25(38)60)81-39-18(10-52)73-45(31(66)24(39)59)79-37-16(8-50)71-43(29(64)22(37)57)77-35-14(6-48)69-41(75-33)27(62)20(35)55/h2,12-52,54-67H,1,3-10H2. The highest BCUT2D eigenvalue weighted by Gasteiger charge is 2.59. The van der Waals surface area contributed by atoms with E-state index in [0.29, 0.717) is 0 Å². The van der Waals surface area contributed by atoms with Crippen molar-refractivity contribution >= 4 is 5.78 Å². The molecule has 21 rings (SSSR count). The van der Waals surface area contributed by atoms with Crippen molar-refractivity contribution in [3.63, 3.8) is 0 Å². The Morgan fingerprint density at radius 3 is 0.593 bits per heavy atom. The minimum Gasteiger partial charge on any atom is -0.394 e.